The normalized spacial score (nSPS) is 10.2. The van der Waals surface area contributed by atoms with Crippen molar-refractivity contribution in [3.63, 3.8) is 0 Å². The lowest BCUT2D eigenvalue weighted by atomic mass is 10.2. The largest absolute Gasteiger partial charge is 0.462 e. The number of nitrogen functional groups attached to an aromatic ring is 1. The number of nitrogens with one attached hydrogen (secondary N) is 1. The standard InChI is InChI=1S/C14H13BrClN3O2/c1-2-21-14(20)9-6-13(18-7-12(9)17)19-8-3-4-11(16)10(15)5-8/h3-7H,2,17H2,1H3,(H,18,19). The number of nitrogens with zero attached hydrogens (tertiary/aromatic N) is 1. The summed E-state index contributed by atoms with van der Waals surface area (Å²) in [6.45, 7) is 2.02. The maximum absolute atomic E-state index is 11.8. The van der Waals surface area contributed by atoms with Crippen LogP contribution in [0, 0.1) is 0 Å². The number of esters is 1. The second-order valence-electron chi connectivity index (χ2n) is 4.13. The van der Waals surface area contributed by atoms with Gasteiger partial charge in [0.15, 0.2) is 0 Å². The molecule has 110 valence electrons. The molecule has 21 heavy (non-hydrogen) atoms. The van der Waals surface area contributed by atoms with E-state index < -0.39 is 5.97 Å². The van der Waals surface area contributed by atoms with Gasteiger partial charge in [-0.15, -0.1) is 0 Å². The maximum Gasteiger partial charge on any atom is 0.340 e. The maximum atomic E-state index is 11.8. The summed E-state index contributed by atoms with van der Waals surface area (Å²) in [5.74, 6) is 0.0132. The van der Waals surface area contributed by atoms with Crippen LogP contribution >= 0.6 is 27.5 Å². The first kappa shape index (κ1) is 15.6. The van der Waals surface area contributed by atoms with Crippen molar-refractivity contribution in [2.24, 2.45) is 0 Å². The van der Waals surface area contributed by atoms with Gasteiger partial charge in [0, 0.05) is 10.2 Å². The summed E-state index contributed by atoms with van der Waals surface area (Å²) >= 11 is 9.28. The Labute approximate surface area is 135 Å². The van der Waals surface area contributed by atoms with E-state index in [1.54, 1.807) is 25.1 Å². The number of halogens is 2. The van der Waals surface area contributed by atoms with Crippen molar-refractivity contribution in [2.75, 3.05) is 17.7 Å². The van der Waals surface area contributed by atoms with Gasteiger partial charge in [-0.05, 0) is 47.1 Å². The third-order valence-corrected chi connectivity index (χ3v) is 3.84. The minimum absolute atomic E-state index is 0.274. The van der Waals surface area contributed by atoms with Gasteiger partial charge >= 0.3 is 5.97 Å². The molecule has 0 bridgehead atoms. The van der Waals surface area contributed by atoms with E-state index in [-0.39, 0.29) is 17.9 Å². The van der Waals surface area contributed by atoms with Gasteiger partial charge in [-0.2, -0.15) is 0 Å². The van der Waals surface area contributed by atoms with Crippen molar-refractivity contribution >= 4 is 50.7 Å². The molecule has 0 fully saturated rings. The fourth-order valence-electron chi connectivity index (χ4n) is 1.64. The van der Waals surface area contributed by atoms with Crippen LogP contribution in [0.3, 0.4) is 0 Å². The molecule has 1 aromatic carbocycles. The van der Waals surface area contributed by atoms with E-state index in [0.717, 1.165) is 10.2 Å². The zero-order valence-corrected chi connectivity index (χ0v) is 13.5. The quantitative estimate of drug-likeness (QED) is 0.795. The molecule has 0 aliphatic heterocycles. The zero-order valence-electron chi connectivity index (χ0n) is 11.2. The first-order valence-corrected chi connectivity index (χ1v) is 7.33. The van der Waals surface area contributed by atoms with E-state index in [1.807, 2.05) is 6.07 Å². The number of anilines is 3. The Hall–Kier alpha value is -1.79. The molecule has 1 heterocycles. The molecule has 3 N–H and O–H groups in total. The lowest BCUT2D eigenvalue weighted by Gasteiger charge is -2.10. The number of rotatable bonds is 4. The average molecular weight is 371 g/mol. The van der Waals surface area contributed by atoms with Crippen LogP contribution in [0.1, 0.15) is 17.3 Å². The molecule has 1 aromatic heterocycles. The molecule has 7 heteroatoms. The first-order chi connectivity index (χ1) is 10.0. The van der Waals surface area contributed by atoms with Gasteiger partial charge in [0.05, 0.1) is 29.1 Å². The number of hydrogen-bond acceptors (Lipinski definition) is 5. The summed E-state index contributed by atoms with van der Waals surface area (Å²) in [6.07, 6.45) is 1.42. The molecule has 0 radical (unpaired) electrons. The molecule has 2 aromatic rings. The number of hydrogen-bond donors (Lipinski definition) is 2. The average Bonchev–Trinajstić information content (AvgIpc) is 2.45. The Balaban J connectivity index is 2.26. The zero-order chi connectivity index (χ0) is 15.4. The van der Waals surface area contributed by atoms with Crippen molar-refractivity contribution < 1.29 is 9.53 Å². The highest BCUT2D eigenvalue weighted by Crippen LogP contribution is 2.27. The highest BCUT2D eigenvalue weighted by Gasteiger charge is 2.12. The molecular weight excluding hydrogens is 358 g/mol. The molecule has 0 saturated heterocycles. The van der Waals surface area contributed by atoms with Crippen molar-refractivity contribution in [1.29, 1.82) is 0 Å². The van der Waals surface area contributed by atoms with Gasteiger partial charge in [0.2, 0.25) is 0 Å². The van der Waals surface area contributed by atoms with E-state index in [4.69, 9.17) is 22.1 Å². The minimum atomic E-state index is -0.474. The molecule has 0 saturated carbocycles. The molecule has 2 rings (SSSR count). The lowest BCUT2D eigenvalue weighted by molar-refractivity contribution is 0.0527. The Bertz CT molecular complexity index is 679. The van der Waals surface area contributed by atoms with Crippen LogP contribution in [0.15, 0.2) is 34.9 Å². The van der Waals surface area contributed by atoms with Crippen LogP contribution < -0.4 is 11.1 Å². The van der Waals surface area contributed by atoms with E-state index in [0.29, 0.717) is 10.8 Å². The van der Waals surface area contributed by atoms with Gasteiger partial charge < -0.3 is 15.8 Å². The van der Waals surface area contributed by atoms with Crippen LogP contribution in [-0.4, -0.2) is 17.6 Å². The SMILES string of the molecule is CCOC(=O)c1cc(Nc2ccc(Cl)c(Br)c2)ncc1N. The second-order valence-corrected chi connectivity index (χ2v) is 5.39. The summed E-state index contributed by atoms with van der Waals surface area (Å²) in [5.41, 5.74) is 7.07. The monoisotopic (exact) mass is 369 g/mol. The summed E-state index contributed by atoms with van der Waals surface area (Å²) in [7, 11) is 0. The summed E-state index contributed by atoms with van der Waals surface area (Å²) in [5, 5.41) is 3.68. The third-order valence-electron chi connectivity index (χ3n) is 2.62. The first-order valence-electron chi connectivity index (χ1n) is 6.16. The van der Waals surface area contributed by atoms with Crippen LogP contribution in [-0.2, 0) is 4.74 Å². The van der Waals surface area contributed by atoms with Crippen LogP contribution in [0.25, 0.3) is 0 Å². The number of pyridine rings is 1. The van der Waals surface area contributed by atoms with Gasteiger partial charge in [-0.1, -0.05) is 11.6 Å². The van der Waals surface area contributed by atoms with Crippen molar-refractivity contribution in [1.82, 2.24) is 4.98 Å². The highest BCUT2D eigenvalue weighted by atomic mass is 79.9. The number of carbonyl (C=O) groups excluding carboxylic acids is 1. The smallest absolute Gasteiger partial charge is 0.340 e. The van der Waals surface area contributed by atoms with Crippen molar-refractivity contribution in [3.8, 4) is 0 Å². The van der Waals surface area contributed by atoms with Gasteiger partial charge in [0.1, 0.15) is 5.82 Å². The predicted molar refractivity (Wildman–Crippen MR) is 87.0 cm³/mol. The van der Waals surface area contributed by atoms with Gasteiger partial charge in [-0.25, -0.2) is 9.78 Å². The molecule has 0 amide bonds. The number of aromatic nitrogens is 1. The fourth-order valence-corrected chi connectivity index (χ4v) is 2.14. The Morgan fingerprint density at radius 2 is 2.24 bits per heavy atom. The number of nitrogens with two attached hydrogens (primary N) is 1. The van der Waals surface area contributed by atoms with E-state index in [9.17, 15) is 4.79 Å². The van der Waals surface area contributed by atoms with Crippen molar-refractivity contribution in [2.45, 2.75) is 6.92 Å². The van der Waals surface area contributed by atoms with Crippen molar-refractivity contribution in [3.05, 3.63) is 45.5 Å². The molecule has 5 nitrogen and oxygen atoms in total. The Kier molecular flexibility index (Phi) is 5.03. The third kappa shape index (κ3) is 3.86. The van der Waals surface area contributed by atoms with Crippen LogP contribution in [0.4, 0.5) is 17.2 Å². The molecule has 0 aliphatic rings. The molecule has 0 unspecified atom stereocenters. The van der Waals surface area contributed by atoms with Crippen LogP contribution in [0.5, 0.6) is 0 Å². The summed E-state index contributed by atoms with van der Waals surface area (Å²) in [4.78, 5) is 15.9. The number of benzene rings is 1. The van der Waals surface area contributed by atoms with Gasteiger partial charge in [-0.3, -0.25) is 0 Å². The molecular formula is C14H13BrClN3O2. The number of ether oxygens (including phenoxy) is 1. The molecule has 0 spiro atoms. The van der Waals surface area contributed by atoms with E-state index in [2.05, 4.69) is 26.2 Å². The number of carbonyl (C=O) groups is 1. The topological polar surface area (TPSA) is 77.2 Å². The van der Waals surface area contributed by atoms with E-state index in [1.165, 1.54) is 6.20 Å². The lowest BCUT2D eigenvalue weighted by Crippen LogP contribution is -2.09. The minimum Gasteiger partial charge on any atom is -0.462 e. The Morgan fingerprint density at radius 1 is 1.48 bits per heavy atom. The highest BCUT2D eigenvalue weighted by molar-refractivity contribution is 9.10. The fraction of sp³-hybridized carbons (Fsp3) is 0.143. The summed E-state index contributed by atoms with van der Waals surface area (Å²) in [6, 6.07) is 6.91. The van der Waals surface area contributed by atoms with Crippen LogP contribution in [0.2, 0.25) is 5.02 Å². The molecule has 0 aliphatic carbocycles. The predicted octanol–water partition coefficient (Wildman–Crippen LogP) is 4.00. The second kappa shape index (κ2) is 6.78. The van der Waals surface area contributed by atoms with E-state index >= 15 is 0 Å². The van der Waals surface area contributed by atoms with Gasteiger partial charge in [0.25, 0.3) is 0 Å². The Morgan fingerprint density at radius 3 is 2.90 bits per heavy atom. The summed E-state index contributed by atoms with van der Waals surface area (Å²) < 4.78 is 5.71. The molecule has 0 atom stereocenters.